The van der Waals surface area contributed by atoms with Gasteiger partial charge in [-0.3, -0.25) is 0 Å². The molecular formula is C7H9NO. The second kappa shape index (κ2) is 2.58. The fourth-order valence-corrected chi connectivity index (χ4v) is 0.799. The van der Waals surface area contributed by atoms with Crippen molar-refractivity contribution in [3.63, 3.8) is 0 Å². The summed E-state index contributed by atoms with van der Waals surface area (Å²) in [6.45, 7) is 2.05. The molecule has 48 valence electrons. The lowest BCUT2D eigenvalue weighted by Crippen LogP contribution is -1.85. The quantitative estimate of drug-likeness (QED) is 0.388. The van der Waals surface area contributed by atoms with Crippen LogP contribution >= 0.6 is 0 Å². The van der Waals surface area contributed by atoms with Gasteiger partial charge in [-0.1, -0.05) is 17.7 Å². The van der Waals surface area contributed by atoms with E-state index in [1.54, 1.807) is 0 Å². The predicted molar refractivity (Wildman–Crippen MR) is 36.9 cm³/mol. The van der Waals surface area contributed by atoms with Crippen molar-refractivity contribution in [3.05, 3.63) is 28.3 Å². The van der Waals surface area contributed by atoms with Crippen molar-refractivity contribution in [2.24, 2.45) is 5.18 Å². The summed E-state index contributed by atoms with van der Waals surface area (Å²) < 4.78 is 0. The van der Waals surface area contributed by atoms with E-state index in [1.807, 2.05) is 12.2 Å². The van der Waals surface area contributed by atoms with Crippen LogP contribution in [0.1, 0.15) is 19.8 Å². The number of nitrogens with zero attached hydrogens (tertiary/aromatic N) is 1. The molecule has 0 radical (unpaired) electrons. The van der Waals surface area contributed by atoms with Crippen molar-refractivity contribution in [2.45, 2.75) is 19.8 Å². The zero-order valence-corrected chi connectivity index (χ0v) is 5.42. The predicted octanol–water partition coefficient (Wildman–Crippen LogP) is 2.38. The van der Waals surface area contributed by atoms with Gasteiger partial charge in [0.25, 0.3) is 0 Å². The van der Waals surface area contributed by atoms with Crippen LogP contribution in [0.5, 0.6) is 0 Å². The zero-order chi connectivity index (χ0) is 6.69. The fraction of sp³-hybridized carbons (Fsp3) is 0.429. The lowest BCUT2D eigenvalue weighted by molar-refractivity contribution is 1.02. The Balaban J connectivity index is 2.58. The van der Waals surface area contributed by atoms with E-state index >= 15 is 0 Å². The maximum Gasteiger partial charge on any atom is 0.0850 e. The van der Waals surface area contributed by atoms with Gasteiger partial charge in [0.05, 0.1) is 5.70 Å². The average Bonchev–Trinajstić information content (AvgIpc) is 1.90. The summed E-state index contributed by atoms with van der Waals surface area (Å²) in [5, 5.41) is 2.85. The molecule has 0 amide bonds. The van der Waals surface area contributed by atoms with Crippen LogP contribution in [0.3, 0.4) is 0 Å². The van der Waals surface area contributed by atoms with E-state index in [9.17, 15) is 4.91 Å². The molecular weight excluding hydrogens is 114 g/mol. The van der Waals surface area contributed by atoms with Gasteiger partial charge >= 0.3 is 0 Å². The van der Waals surface area contributed by atoms with E-state index in [0.29, 0.717) is 5.70 Å². The zero-order valence-electron chi connectivity index (χ0n) is 5.42. The molecule has 2 nitrogen and oxygen atoms in total. The van der Waals surface area contributed by atoms with Gasteiger partial charge < -0.3 is 0 Å². The third-order valence-corrected chi connectivity index (χ3v) is 1.44. The molecule has 1 aliphatic carbocycles. The molecule has 0 atom stereocenters. The highest BCUT2D eigenvalue weighted by molar-refractivity contribution is 5.18. The normalized spacial score (nSPS) is 18.3. The summed E-state index contributed by atoms with van der Waals surface area (Å²) in [5.41, 5.74) is 1.99. The first kappa shape index (κ1) is 6.20. The highest BCUT2D eigenvalue weighted by Gasteiger charge is 1.99. The van der Waals surface area contributed by atoms with Crippen LogP contribution in [-0.2, 0) is 0 Å². The maximum absolute atomic E-state index is 9.92. The molecule has 1 rings (SSSR count). The molecule has 0 bridgehead atoms. The van der Waals surface area contributed by atoms with Crippen LogP contribution in [-0.4, -0.2) is 0 Å². The van der Waals surface area contributed by atoms with Gasteiger partial charge in [0, 0.05) is 6.42 Å². The molecule has 0 N–H and O–H groups in total. The van der Waals surface area contributed by atoms with E-state index < -0.39 is 0 Å². The summed E-state index contributed by atoms with van der Waals surface area (Å²) in [7, 11) is 0. The topological polar surface area (TPSA) is 29.4 Å². The summed E-state index contributed by atoms with van der Waals surface area (Å²) >= 11 is 0. The molecule has 0 aromatic carbocycles. The molecule has 0 spiro atoms. The van der Waals surface area contributed by atoms with Crippen LogP contribution in [0.25, 0.3) is 0 Å². The van der Waals surface area contributed by atoms with Gasteiger partial charge in [-0.2, -0.15) is 0 Å². The van der Waals surface area contributed by atoms with Crippen molar-refractivity contribution in [3.8, 4) is 0 Å². The minimum Gasteiger partial charge on any atom is -0.145 e. The number of hydrogen-bond donors (Lipinski definition) is 0. The molecule has 0 unspecified atom stereocenters. The monoisotopic (exact) mass is 123 g/mol. The summed E-state index contributed by atoms with van der Waals surface area (Å²) in [4.78, 5) is 9.92. The van der Waals surface area contributed by atoms with Crippen molar-refractivity contribution < 1.29 is 0 Å². The smallest absolute Gasteiger partial charge is 0.0850 e. The largest absolute Gasteiger partial charge is 0.145 e. The van der Waals surface area contributed by atoms with Crippen molar-refractivity contribution in [1.82, 2.24) is 0 Å². The van der Waals surface area contributed by atoms with Crippen molar-refractivity contribution in [1.29, 1.82) is 0 Å². The fourth-order valence-electron chi connectivity index (χ4n) is 0.799. The molecule has 0 aromatic heterocycles. The first-order valence-electron chi connectivity index (χ1n) is 3.01. The Morgan fingerprint density at radius 1 is 1.44 bits per heavy atom. The Morgan fingerprint density at radius 2 is 2.22 bits per heavy atom. The highest BCUT2D eigenvalue weighted by Crippen LogP contribution is 2.16. The third-order valence-electron chi connectivity index (χ3n) is 1.44. The number of allylic oxidation sites excluding steroid dienone is 3. The van der Waals surface area contributed by atoms with E-state index in [2.05, 4.69) is 12.1 Å². The van der Waals surface area contributed by atoms with Crippen LogP contribution < -0.4 is 0 Å². The van der Waals surface area contributed by atoms with Gasteiger partial charge in [0.1, 0.15) is 0 Å². The lowest BCUT2D eigenvalue weighted by Gasteiger charge is -2.02. The maximum atomic E-state index is 9.92. The van der Waals surface area contributed by atoms with Gasteiger partial charge in [-0.05, 0) is 18.5 Å². The SMILES string of the molecule is CC1=CCC(N=O)=CC1. The van der Waals surface area contributed by atoms with Crippen LogP contribution in [0.4, 0.5) is 0 Å². The Morgan fingerprint density at radius 3 is 2.67 bits per heavy atom. The molecule has 0 aromatic rings. The third kappa shape index (κ3) is 1.49. The lowest BCUT2D eigenvalue weighted by atomic mass is 10.1. The van der Waals surface area contributed by atoms with Gasteiger partial charge in [0.2, 0.25) is 0 Å². The average molecular weight is 123 g/mol. The minimum absolute atomic E-state index is 0.667. The van der Waals surface area contributed by atoms with Gasteiger partial charge in [-0.15, -0.1) is 4.91 Å². The summed E-state index contributed by atoms with van der Waals surface area (Å²) in [6, 6.07) is 0. The van der Waals surface area contributed by atoms with E-state index in [0.717, 1.165) is 12.8 Å². The van der Waals surface area contributed by atoms with Crippen LogP contribution in [0, 0.1) is 4.91 Å². The van der Waals surface area contributed by atoms with Crippen LogP contribution in [0.2, 0.25) is 0 Å². The molecule has 9 heavy (non-hydrogen) atoms. The Kier molecular flexibility index (Phi) is 1.78. The second-order valence-electron chi connectivity index (χ2n) is 2.25. The Labute approximate surface area is 54.2 Å². The van der Waals surface area contributed by atoms with Gasteiger partial charge in [-0.25, -0.2) is 0 Å². The molecule has 2 heteroatoms. The number of hydrogen-bond acceptors (Lipinski definition) is 2. The second-order valence-corrected chi connectivity index (χ2v) is 2.25. The van der Waals surface area contributed by atoms with Crippen LogP contribution in [0.15, 0.2) is 28.6 Å². The van der Waals surface area contributed by atoms with Gasteiger partial charge in [0.15, 0.2) is 0 Å². The minimum atomic E-state index is 0.667. The van der Waals surface area contributed by atoms with E-state index in [4.69, 9.17) is 0 Å². The van der Waals surface area contributed by atoms with Crippen molar-refractivity contribution in [2.75, 3.05) is 0 Å². The number of rotatable bonds is 1. The highest BCUT2D eigenvalue weighted by atomic mass is 16.3. The van der Waals surface area contributed by atoms with E-state index in [1.165, 1.54) is 5.57 Å². The Hall–Kier alpha value is -0.920. The standard InChI is InChI=1S/C7H9NO/c1-6-2-4-7(8-9)5-3-6/h2,5H,3-4H2,1H3. The molecule has 0 aliphatic heterocycles. The first-order valence-corrected chi connectivity index (χ1v) is 3.01. The van der Waals surface area contributed by atoms with E-state index in [-0.39, 0.29) is 0 Å². The van der Waals surface area contributed by atoms with Crippen molar-refractivity contribution >= 4 is 0 Å². The Bertz CT molecular complexity index is 179. The first-order chi connectivity index (χ1) is 4.33. The molecule has 0 heterocycles. The molecule has 0 saturated carbocycles. The molecule has 0 fully saturated rings. The molecule has 1 aliphatic rings. The number of nitroso groups, excluding NO2 is 1. The summed E-state index contributed by atoms with van der Waals surface area (Å²) in [5.74, 6) is 0. The summed E-state index contributed by atoms with van der Waals surface area (Å²) in [6.07, 6.45) is 5.52. The molecule has 0 saturated heterocycles.